The summed E-state index contributed by atoms with van der Waals surface area (Å²) in [5.74, 6) is -2.60. The number of ether oxygens (including phenoxy) is 1. The average Bonchev–Trinajstić information content (AvgIpc) is 3.08. The number of likely N-dealkylation sites (tertiary alicyclic amines) is 1. The molecule has 1 aromatic heterocycles. The summed E-state index contributed by atoms with van der Waals surface area (Å²) in [4.78, 5) is 31.3. The minimum Gasteiger partial charge on any atom is -0.507 e. The molecule has 2 aromatic carbocycles. The van der Waals surface area contributed by atoms with Crippen LogP contribution in [0.15, 0.2) is 66.5 Å². The van der Waals surface area contributed by atoms with E-state index in [0.717, 1.165) is 17.0 Å². The number of hydrogen-bond acceptors (Lipinski definition) is 5. The summed E-state index contributed by atoms with van der Waals surface area (Å²) in [6.45, 7) is -0.328. The molecule has 1 amide bonds. The molecule has 1 aliphatic heterocycles. The van der Waals surface area contributed by atoms with Gasteiger partial charge in [-0.05, 0) is 47.5 Å². The Bertz CT molecular complexity index is 1380. The molecule has 0 saturated carbocycles. The number of methoxy groups -OCH3 is 1. The fourth-order valence-electron chi connectivity index (χ4n) is 4.07. The number of amides is 1. The number of aromatic nitrogens is 1. The number of ketones is 1. The molecule has 186 valence electrons. The summed E-state index contributed by atoms with van der Waals surface area (Å²) >= 11 is 12.3. The molecule has 0 radical (unpaired) electrons. The fraction of sp³-hybridized carbons (Fsp3) is 0.160. The topological polar surface area (TPSA) is 79.7 Å². The molecule has 3 aromatic rings. The third-order valence-corrected chi connectivity index (χ3v) is 6.14. The molecular weight excluding hydrogens is 520 g/mol. The van der Waals surface area contributed by atoms with Crippen molar-refractivity contribution in [1.82, 2.24) is 9.88 Å². The van der Waals surface area contributed by atoms with E-state index in [9.17, 15) is 27.9 Å². The summed E-state index contributed by atoms with van der Waals surface area (Å²) in [6.07, 6.45) is -1.73. The van der Waals surface area contributed by atoms with E-state index in [1.165, 1.54) is 55.9 Å². The number of nitrogens with zero attached hydrogens (tertiary/aromatic N) is 2. The van der Waals surface area contributed by atoms with Gasteiger partial charge in [-0.3, -0.25) is 14.6 Å². The molecule has 0 bridgehead atoms. The Morgan fingerprint density at radius 2 is 1.81 bits per heavy atom. The number of halogens is 5. The minimum atomic E-state index is -4.59. The van der Waals surface area contributed by atoms with Crippen molar-refractivity contribution < 1.29 is 32.6 Å². The van der Waals surface area contributed by atoms with E-state index < -0.39 is 35.2 Å². The zero-order chi connectivity index (χ0) is 26.2. The van der Waals surface area contributed by atoms with Crippen LogP contribution >= 0.6 is 23.2 Å². The molecule has 6 nitrogen and oxygen atoms in total. The maximum absolute atomic E-state index is 13.2. The first kappa shape index (κ1) is 25.5. The van der Waals surface area contributed by atoms with Gasteiger partial charge in [-0.25, -0.2) is 0 Å². The number of aliphatic hydroxyl groups is 1. The number of pyridine rings is 1. The van der Waals surface area contributed by atoms with Crippen molar-refractivity contribution in [3.63, 3.8) is 0 Å². The monoisotopic (exact) mass is 536 g/mol. The highest BCUT2D eigenvalue weighted by Gasteiger charge is 2.46. The number of carbonyl (C=O) groups is 2. The van der Waals surface area contributed by atoms with E-state index in [1.54, 1.807) is 0 Å². The van der Waals surface area contributed by atoms with Crippen molar-refractivity contribution in [2.24, 2.45) is 0 Å². The first-order valence-corrected chi connectivity index (χ1v) is 11.2. The largest absolute Gasteiger partial charge is 0.507 e. The molecule has 0 spiro atoms. The van der Waals surface area contributed by atoms with Gasteiger partial charge in [0.25, 0.3) is 11.7 Å². The molecule has 1 aliphatic rings. The second kappa shape index (κ2) is 9.83. The van der Waals surface area contributed by atoms with Crippen molar-refractivity contribution >= 4 is 40.7 Å². The van der Waals surface area contributed by atoms with Gasteiger partial charge in [0.2, 0.25) is 0 Å². The third kappa shape index (κ3) is 4.76. The Hall–Kier alpha value is -3.56. The van der Waals surface area contributed by atoms with Gasteiger partial charge >= 0.3 is 6.18 Å². The molecule has 11 heteroatoms. The van der Waals surface area contributed by atoms with Crippen LogP contribution in [0.3, 0.4) is 0 Å². The molecule has 1 fully saturated rings. The molecule has 1 saturated heterocycles. The SMILES string of the molecule is COc1c(Cl)cc(Cl)cc1/C(O)=C1\C(=O)C(=O)N(Cc2cccc(C(F)(F)F)c2)C1c1ccncc1. The first-order valence-electron chi connectivity index (χ1n) is 10.4. The third-order valence-electron chi connectivity index (χ3n) is 5.64. The van der Waals surface area contributed by atoms with E-state index in [4.69, 9.17) is 27.9 Å². The highest BCUT2D eigenvalue weighted by atomic mass is 35.5. The van der Waals surface area contributed by atoms with E-state index in [2.05, 4.69) is 4.98 Å². The van der Waals surface area contributed by atoms with Crippen molar-refractivity contribution in [2.45, 2.75) is 18.8 Å². The van der Waals surface area contributed by atoms with Gasteiger partial charge < -0.3 is 14.7 Å². The highest BCUT2D eigenvalue weighted by molar-refractivity contribution is 6.46. The molecule has 2 heterocycles. The van der Waals surface area contributed by atoms with Crippen LogP contribution in [-0.2, 0) is 22.3 Å². The number of carbonyl (C=O) groups excluding carboxylic acids is 2. The summed E-state index contributed by atoms with van der Waals surface area (Å²) in [7, 11) is 1.30. The Labute approximate surface area is 213 Å². The maximum atomic E-state index is 13.2. The molecule has 36 heavy (non-hydrogen) atoms. The van der Waals surface area contributed by atoms with Crippen LogP contribution < -0.4 is 4.74 Å². The van der Waals surface area contributed by atoms with Crippen LogP contribution in [-0.4, -0.2) is 33.8 Å². The lowest BCUT2D eigenvalue weighted by molar-refractivity contribution is -0.140. The van der Waals surface area contributed by atoms with Crippen LogP contribution in [0.1, 0.15) is 28.3 Å². The van der Waals surface area contributed by atoms with E-state index in [-0.39, 0.29) is 39.0 Å². The molecular formula is C25H17Cl2F3N2O4. The Kier molecular flexibility index (Phi) is 6.97. The molecule has 1 N–H and O–H groups in total. The van der Waals surface area contributed by atoms with Gasteiger partial charge in [-0.15, -0.1) is 0 Å². The second-order valence-electron chi connectivity index (χ2n) is 7.87. The van der Waals surface area contributed by atoms with Crippen LogP contribution in [0.4, 0.5) is 13.2 Å². The Balaban J connectivity index is 1.89. The Morgan fingerprint density at radius 3 is 2.44 bits per heavy atom. The molecule has 4 rings (SSSR count). The molecule has 1 unspecified atom stereocenters. The van der Waals surface area contributed by atoms with Crippen molar-refractivity contribution in [3.8, 4) is 5.75 Å². The smallest absolute Gasteiger partial charge is 0.416 e. The maximum Gasteiger partial charge on any atom is 0.416 e. The number of Topliss-reactive ketones (excluding diaryl/α,β-unsaturated/α-hetero) is 1. The predicted molar refractivity (Wildman–Crippen MR) is 127 cm³/mol. The van der Waals surface area contributed by atoms with E-state index in [0.29, 0.717) is 5.56 Å². The minimum absolute atomic E-state index is 0.0221. The van der Waals surface area contributed by atoms with E-state index >= 15 is 0 Å². The van der Waals surface area contributed by atoms with Gasteiger partial charge in [0.1, 0.15) is 11.5 Å². The zero-order valence-electron chi connectivity index (χ0n) is 18.5. The number of aliphatic hydroxyl groups excluding tert-OH is 1. The fourth-order valence-corrected chi connectivity index (χ4v) is 4.64. The van der Waals surface area contributed by atoms with Crippen LogP contribution in [0.5, 0.6) is 5.75 Å². The quantitative estimate of drug-likeness (QED) is 0.244. The second-order valence-corrected chi connectivity index (χ2v) is 8.72. The number of hydrogen-bond donors (Lipinski definition) is 1. The molecule has 0 aliphatic carbocycles. The van der Waals surface area contributed by atoms with Gasteiger partial charge in [-0.1, -0.05) is 35.3 Å². The first-order chi connectivity index (χ1) is 17.0. The Morgan fingerprint density at radius 1 is 1.11 bits per heavy atom. The van der Waals surface area contributed by atoms with Crippen molar-refractivity contribution in [3.05, 3.63) is 98.8 Å². The summed E-state index contributed by atoms with van der Waals surface area (Å²) in [6, 6.07) is 9.08. The van der Waals surface area contributed by atoms with Crippen LogP contribution in [0, 0.1) is 0 Å². The van der Waals surface area contributed by atoms with Crippen LogP contribution in [0.2, 0.25) is 10.0 Å². The zero-order valence-corrected chi connectivity index (χ0v) is 20.0. The van der Waals surface area contributed by atoms with Crippen LogP contribution in [0.25, 0.3) is 5.76 Å². The number of alkyl halides is 3. The standard InChI is InChI=1S/C25H17Cl2F3N2O4/c1-36-23-17(10-16(26)11-18(23)27)21(33)19-20(14-5-7-31-8-6-14)32(24(35)22(19)34)12-13-3-2-4-15(9-13)25(28,29)30/h2-11,20,33H,12H2,1H3/b21-19+. The van der Waals surface area contributed by atoms with Crippen molar-refractivity contribution in [1.29, 1.82) is 0 Å². The van der Waals surface area contributed by atoms with Gasteiger partial charge in [0.05, 0.1) is 34.9 Å². The predicted octanol–water partition coefficient (Wildman–Crippen LogP) is 6.04. The van der Waals surface area contributed by atoms with Gasteiger partial charge in [0, 0.05) is 24.0 Å². The summed E-state index contributed by atoms with van der Waals surface area (Å²) in [5, 5.41) is 11.5. The summed E-state index contributed by atoms with van der Waals surface area (Å²) < 4.78 is 45.0. The van der Waals surface area contributed by atoms with Crippen molar-refractivity contribution in [2.75, 3.05) is 7.11 Å². The summed E-state index contributed by atoms with van der Waals surface area (Å²) in [5.41, 5.74) is -0.657. The molecule has 1 atom stereocenters. The average molecular weight is 537 g/mol. The lowest BCUT2D eigenvalue weighted by atomic mass is 9.95. The lowest BCUT2D eigenvalue weighted by Crippen LogP contribution is -2.29. The number of rotatable bonds is 5. The van der Waals surface area contributed by atoms with E-state index in [1.807, 2.05) is 0 Å². The lowest BCUT2D eigenvalue weighted by Gasteiger charge is -2.25. The van der Waals surface area contributed by atoms with Gasteiger partial charge in [0.15, 0.2) is 0 Å². The van der Waals surface area contributed by atoms with Gasteiger partial charge in [-0.2, -0.15) is 13.2 Å². The number of benzene rings is 2. The highest BCUT2D eigenvalue weighted by Crippen LogP contribution is 2.44. The normalized spacial score (nSPS) is 17.5.